The van der Waals surface area contributed by atoms with Gasteiger partial charge in [-0.1, -0.05) is 32.9 Å². The maximum atomic E-state index is 5.38. The molecule has 2 N–H and O–H groups in total. The Morgan fingerprint density at radius 1 is 0.889 bits per heavy atom. The van der Waals surface area contributed by atoms with E-state index < -0.39 is 0 Å². The average Bonchev–Trinajstić information content (AvgIpc) is 3.09. The molecule has 27 heavy (non-hydrogen) atoms. The SMILES string of the molecule is CC(C)(C)c1ccc(Nc2cnnc(Nc3ccc4c(c3)OCO4)n2)cc1. The Hall–Kier alpha value is -3.35. The molecule has 2 aromatic carbocycles. The minimum absolute atomic E-state index is 0.122. The van der Waals surface area contributed by atoms with Crippen molar-refractivity contribution in [2.24, 2.45) is 0 Å². The third-order valence-electron chi connectivity index (χ3n) is 4.21. The second-order valence-electron chi connectivity index (χ2n) is 7.31. The largest absolute Gasteiger partial charge is 0.454 e. The van der Waals surface area contributed by atoms with E-state index in [0.717, 1.165) is 17.1 Å². The smallest absolute Gasteiger partial charge is 0.249 e. The fourth-order valence-corrected chi connectivity index (χ4v) is 2.72. The zero-order chi connectivity index (χ0) is 18.9. The summed E-state index contributed by atoms with van der Waals surface area (Å²) in [7, 11) is 0. The Kier molecular flexibility index (Phi) is 4.27. The monoisotopic (exact) mass is 363 g/mol. The average molecular weight is 363 g/mol. The molecule has 1 aliphatic heterocycles. The van der Waals surface area contributed by atoms with E-state index in [2.05, 4.69) is 58.7 Å². The van der Waals surface area contributed by atoms with Gasteiger partial charge in [0.05, 0.1) is 6.20 Å². The standard InChI is InChI=1S/C20H21N5O2/c1-20(2,3)13-4-6-14(7-5-13)22-18-11-21-25-19(24-18)23-15-8-9-16-17(10-15)27-12-26-16/h4-11H,12H2,1-3H3,(H2,22,23,24,25). The van der Waals surface area contributed by atoms with Crippen LogP contribution in [0.5, 0.6) is 11.5 Å². The van der Waals surface area contributed by atoms with Crippen LogP contribution in [0, 0.1) is 0 Å². The van der Waals surface area contributed by atoms with E-state index in [-0.39, 0.29) is 12.2 Å². The third kappa shape index (κ3) is 3.92. The normalized spacial score (nSPS) is 12.7. The third-order valence-corrected chi connectivity index (χ3v) is 4.21. The molecule has 0 atom stereocenters. The second-order valence-corrected chi connectivity index (χ2v) is 7.31. The van der Waals surface area contributed by atoms with Gasteiger partial charge in [0.25, 0.3) is 0 Å². The summed E-state index contributed by atoms with van der Waals surface area (Å²) < 4.78 is 10.7. The number of hydrogen-bond acceptors (Lipinski definition) is 7. The summed E-state index contributed by atoms with van der Waals surface area (Å²) in [5.41, 5.74) is 3.14. The van der Waals surface area contributed by atoms with Crippen molar-refractivity contribution < 1.29 is 9.47 Å². The molecule has 0 aliphatic carbocycles. The Morgan fingerprint density at radius 2 is 1.63 bits per heavy atom. The number of hydrogen-bond donors (Lipinski definition) is 2. The number of benzene rings is 2. The van der Waals surface area contributed by atoms with E-state index in [1.165, 1.54) is 5.56 Å². The van der Waals surface area contributed by atoms with E-state index >= 15 is 0 Å². The number of fused-ring (bicyclic) bond motifs is 1. The van der Waals surface area contributed by atoms with Crippen molar-refractivity contribution >= 4 is 23.1 Å². The highest BCUT2D eigenvalue weighted by atomic mass is 16.7. The van der Waals surface area contributed by atoms with Crippen LogP contribution in [0.1, 0.15) is 26.3 Å². The molecule has 0 fully saturated rings. The summed E-state index contributed by atoms with van der Waals surface area (Å²) in [4.78, 5) is 4.46. The zero-order valence-corrected chi connectivity index (χ0v) is 15.5. The van der Waals surface area contributed by atoms with Gasteiger partial charge in [-0.25, -0.2) is 0 Å². The summed E-state index contributed by atoms with van der Waals surface area (Å²) in [6, 6.07) is 13.9. The molecule has 0 amide bonds. The maximum absolute atomic E-state index is 5.38. The summed E-state index contributed by atoms with van der Waals surface area (Å²) >= 11 is 0. The van der Waals surface area contributed by atoms with Crippen LogP contribution in [-0.4, -0.2) is 22.0 Å². The van der Waals surface area contributed by atoms with Gasteiger partial charge in [-0.05, 0) is 35.2 Å². The molecular weight excluding hydrogens is 342 g/mol. The fraction of sp³-hybridized carbons (Fsp3) is 0.250. The molecule has 7 heteroatoms. The molecule has 1 aliphatic rings. The van der Waals surface area contributed by atoms with Crippen LogP contribution in [0.2, 0.25) is 0 Å². The van der Waals surface area contributed by atoms with Crippen molar-refractivity contribution in [1.29, 1.82) is 0 Å². The van der Waals surface area contributed by atoms with Crippen LogP contribution in [-0.2, 0) is 5.41 Å². The van der Waals surface area contributed by atoms with Gasteiger partial charge >= 0.3 is 0 Å². The second kappa shape index (κ2) is 6.75. The minimum atomic E-state index is 0.122. The van der Waals surface area contributed by atoms with E-state index in [4.69, 9.17) is 9.47 Å². The quantitative estimate of drug-likeness (QED) is 0.711. The minimum Gasteiger partial charge on any atom is -0.454 e. The lowest BCUT2D eigenvalue weighted by Gasteiger charge is -2.19. The first-order valence-electron chi connectivity index (χ1n) is 8.71. The van der Waals surface area contributed by atoms with Gasteiger partial charge in [-0.15, -0.1) is 5.10 Å². The van der Waals surface area contributed by atoms with Crippen molar-refractivity contribution in [3.63, 3.8) is 0 Å². The van der Waals surface area contributed by atoms with Crippen LogP contribution < -0.4 is 20.1 Å². The Balaban J connectivity index is 1.47. The van der Waals surface area contributed by atoms with E-state index in [0.29, 0.717) is 17.5 Å². The summed E-state index contributed by atoms with van der Waals surface area (Å²) in [6.07, 6.45) is 1.59. The molecular formula is C20H21N5O2. The number of anilines is 4. The predicted molar refractivity (Wildman–Crippen MR) is 104 cm³/mol. The van der Waals surface area contributed by atoms with Gasteiger partial charge in [-0.3, -0.25) is 0 Å². The lowest BCUT2D eigenvalue weighted by molar-refractivity contribution is 0.174. The van der Waals surface area contributed by atoms with Crippen molar-refractivity contribution in [1.82, 2.24) is 15.2 Å². The number of nitrogens with one attached hydrogen (secondary N) is 2. The van der Waals surface area contributed by atoms with Gasteiger partial charge in [0.2, 0.25) is 12.7 Å². The molecule has 0 unspecified atom stereocenters. The van der Waals surface area contributed by atoms with Gasteiger partial charge in [0.1, 0.15) is 0 Å². The molecule has 2 heterocycles. The molecule has 1 aromatic heterocycles. The Bertz CT molecular complexity index is 951. The lowest BCUT2D eigenvalue weighted by Crippen LogP contribution is -2.10. The summed E-state index contributed by atoms with van der Waals surface area (Å²) in [5, 5.41) is 14.4. The lowest BCUT2D eigenvalue weighted by atomic mass is 9.87. The summed E-state index contributed by atoms with van der Waals surface area (Å²) in [6.45, 7) is 6.82. The molecule has 0 saturated carbocycles. The summed E-state index contributed by atoms with van der Waals surface area (Å²) in [5.74, 6) is 2.43. The van der Waals surface area contributed by atoms with Crippen molar-refractivity contribution in [2.45, 2.75) is 26.2 Å². The number of nitrogens with zero attached hydrogens (tertiary/aromatic N) is 3. The van der Waals surface area contributed by atoms with Crippen LogP contribution in [0.15, 0.2) is 48.7 Å². The van der Waals surface area contributed by atoms with Crippen LogP contribution in [0.25, 0.3) is 0 Å². The molecule has 0 spiro atoms. The topological polar surface area (TPSA) is 81.2 Å². The molecule has 3 aromatic rings. The Morgan fingerprint density at radius 3 is 2.41 bits per heavy atom. The van der Waals surface area contributed by atoms with Crippen LogP contribution >= 0.6 is 0 Å². The Labute approximate surface area is 157 Å². The maximum Gasteiger partial charge on any atom is 0.249 e. The molecule has 7 nitrogen and oxygen atoms in total. The van der Waals surface area contributed by atoms with Gasteiger partial charge in [0.15, 0.2) is 17.3 Å². The first-order chi connectivity index (χ1) is 13.0. The number of ether oxygens (including phenoxy) is 2. The predicted octanol–water partition coefficient (Wildman–Crippen LogP) is 4.39. The van der Waals surface area contributed by atoms with Crippen molar-refractivity contribution in [3.8, 4) is 11.5 Å². The van der Waals surface area contributed by atoms with E-state index in [1.807, 2.05) is 30.3 Å². The van der Waals surface area contributed by atoms with E-state index in [9.17, 15) is 0 Å². The first kappa shape index (κ1) is 17.1. The highest BCUT2D eigenvalue weighted by Gasteiger charge is 2.14. The molecule has 4 rings (SSSR count). The highest BCUT2D eigenvalue weighted by Crippen LogP contribution is 2.34. The van der Waals surface area contributed by atoms with Crippen molar-refractivity contribution in [3.05, 3.63) is 54.2 Å². The number of rotatable bonds is 4. The van der Waals surface area contributed by atoms with Crippen LogP contribution in [0.3, 0.4) is 0 Å². The van der Waals surface area contributed by atoms with E-state index in [1.54, 1.807) is 6.20 Å². The van der Waals surface area contributed by atoms with Crippen molar-refractivity contribution in [2.75, 3.05) is 17.4 Å². The molecule has 0 bridgehead atoms. The fourth-order valence-electron chi connectivity index (χ4n) is 2.72. The zero-order valence-electron chi connectivity index (χ0n) is 15.5. The first-order valence-corrected chi connectivity index (χ1v) is 8.71. The van der Waals surface area contributed by atoms with Gasteiger partial charge < -0.3 is 20.1 Å². The molecule has 0 radical (unpaired) electrons. The molecule has 0 saturated heterocycles. The number of aromatic nitrogens is 3. The highest BCUT2D eigenvalue weighted by molar-refractivity contribution is 5.62. The van der Waals surface area contributed by atoms with Gasteiger partial charge in [0, 0.05) is 17.4 Å². The van der Waals surface area contributed by atoms with Gasteiger partial charge in [-0.2, -0.15) is 10.1 Å². The van der Waals surface area contributed by atoms with Crippen LogP contribution in [0.4, 0.5) is 23.1 Å². The molecule has 138 valence electrons.